The summed E-state index contributed by atoms with van der Waals surface area (Å²) in [4.78, 5) is 11.5. The third kappa shape index (κ3) is 6.50. The summed E-state index contributed by atoms with van der Waals surface area (Å²) in [5.41, 5.74) is 5.72. The Kier molecular flexibility index (Phi) is 4.78. The number of hydrogen-bond acceptors (Lipinski definition) is 3. The average Bonchev–Trinajstić information content (AvgIpc) is 1.98. The summed E-state index contributed by atoms with van der Waals surface area (Å²) >= 11 is 0. The summed E-state index contributed by atoms with van der Waals surface area (Å²) in [7, 11) is 0. The van der Waals surface area contributed by atoms with Crippen molar-refractivity contribution in [1.82, 2.24) is 0 Å². The van der Waals surface area contributed by atoms with Crippen molar-refractivity contribution in [2.24, 2.45) is 16.6 Å². The van der Waals surface area contributed by atoms with Crippen LogP contribution in [-0.4, -0.2) is 18.6 Å². The van der Waals surface area contributed by atoms with Gasteiger partial charge < -0.3 is 10.5 Å². The lowest BCUT2D eigenvalue weighted by molar-refractivity contribution is -0.148. The summed E-state index contributed by atoms with van der Waals surface area (Å²) in [5.74, 6) is -0.299. The van der Waals surface area contributed by atoms with Gasteiger partial charge in [0.15, 0.2) is 0 Å². The van der Waals surface area contributed by atoms with E-state index in [1.54, 1.807) is 0 Å². The highest BCUT2D eigenvalue weighted by atomic mass is 16.5. The second-order valence-corrected chi connectivity index (χ2v) is 6.32. The lowest BCUT2D eigenvalue weighted by Crippen LogP contribution is -2.43. The van der Waals surface area contributed by atoms with Gasteiger partial charge in [0, 0.05) is 0 Å². The molecule has 0 saturated carbocycles. The quantitative estimate of drug-likeness (QED) is 0.735. The van der Waals surface area contributed by atoms with E-state index in [4.69, 9.17) is 10.5 Å². The first-order valence-corrected chi connectivity index (χ1v) is 5.46. The molecule has 15 heavy (non-hydrogen) atoms. The van der Waals surface area contributed by atoms with Gasteiger partial charge in [0.05, 0.1) is 6.61 Å². The summed E-state index contributed by atoms with van der Waals surface area (Å²) in [6.45, 7) is 12.6. The second kappa shape index (κ2) is 4.97. The molecule has 3 nitrogen and oxygen atoms in total. The molecule has 3 heteroatoms. The molecule has 0 spiro atoms. The van der Waals surface area contributed by atoms with E-state index in [1.807, 2.05) is 20.8 Å². The van der Waals surface area contributed by atoms with Gasteiger partial charge in [0.25, 0.3) is 0 Å². The molecule has 0 radical (unpaired) electrons. The van der Waals surface area contributed by atoms with Crippen molar-refractivity contribution in [3.05, 3.63) is 0 Å². The zero-order valence-corrected chi connectivity index (χ0v) is 10.9. The Morgan fingerprint density at radius 3 is 2.00 bits per heavy atom. The van der Waals surface area contributed by atoms with E-state index in [-0.39, 0.29) is 16.8 Å². The fourth-order valence-corrected chi connectivity index (χ4v) is 0.901. The van der Waals surface area contributed by atoms with Crippen molar-refractivity contribution in [3.8, 4) is 0 Å². The number of nitrogens with two attached hydrogens (primary N) is 1. The second-order valence-electron chi connectivity index (χ2n) is 6.32. The van der Waals surface area contributed by atoms with Crippen molar-refractivity contribution in [1.29, 1.82) is 0 Å². The van der Waals surface area contributed by atoms with Crippen LogP contribution in [0.5, 0.6) is 0 Å². The molecule has 0 aliphatic rings. The van der Waals surface area contributed by atoms with Gasteiger partial charge in [-0.25, -0.2) is 0 Å². The molecule has 0 fully saturated rings. The van der Waals surface area contributed by atoms with E-state index in [9.17, 15) is 4.79 Å². The van der Waals surface area contributed by atoms with Crippen molar-refractivity contribution in [3.63, 3.8) is 0 Å². The minimum atomic E-state index is -0.544. The Labute approximate surface area is 93.4 Å². The smallest absolute Gasteiger partial charge is 0.323 e. The summed E-state index contributed by atoms with van der Waals surface area (Å²) in [5, 5.41) is 0. The van der Waals surface area contributed by atoms with Crippen molar-refractivity contribution >= 4 is 5.97 Å². The van der Waals surface area contributed by atoms with E-state index in [2.05, 4.69) is 20.8 Å². The predicted molar refractivity (Wildman–Crippen MR) is 62.5 cm³/mol. The highest BCUT2D eigenvalue weighted by molar-refractivity contribution is 5.76. The standard InChI is InChI=1S/C12H25NO2/c1-11(2,3)7-8-15-10(14)9(13)12(4,5)6/h9H,7-8,13H2,1-6H3/t9-/m0/s1. The molecule has 0 heterocycles. The van der Waals surface area contributed by atoms with E-state index in [0.717, 1.165) is 6.42 Å². The maximum atomic E-state index is 11.5. The van der Waals surface area contributed by atoms with E-state index >= 15 is 0 Å². The van der Waals surface area contributed by atoms with E-state index in [0.29, 0.717) is 6.61 Å². The molecule has 0 amide bonds. The Morgan fingerprint density at radius 1 is 1.20 bits per heavy atom. The molecule has 0 rings (SSSR count). The lowest BCUT2D eigenvalue weighted by atomic mass is 9.87. The Hall–Kier alpha value is -0.570. The highest BCUT2D eigenvalue weighted by Gasteiger charge is 2.28. The molecular weight excluding hydrogens is 190 g/mol. The molecular formula is C12H25NO2. The topological polar surface area (TPSA) is 52.3 Å². The first-order chi connectivity index (χ1) is 6.54. The van der Waals surface area contributed by atoms with E-state index in [1.165, 1.54) is 0 Å². The lowest BCUT2D eigenvalue weighted by Gasteiger charge is -2.25. The Bertz CT molecular complexity index is 211. The number of esters is 1. The first kappa shape index (κ1) is 14.4. The molecule has 0 aliphatic heterocycles. The average molecular weight is 215 g/mol. The molecule has 0 unspecified atom stereocenters. The zero-order chi connectivity index (χ0) is 12.3. The fourth-order valence-electron chi connectivity index (χ4n) is 0.901. The summed E-state index contributed by atoms with van der Waals surface area (Å²) in [6, 6.07) is -0.544. The van der Waals surface area contributed by atoms with Gasteiger partial charge in [-0.3, -0.25) is 4.79 Å². The molecule has 90 valence electrons. The van der Waals surface area contributed by atoms with Crippen LogP contribution in [0.25, 0.3) is 0 Å². The predicted octanol–water partition coefficient (Wildman–Crippen LogP) is 2.34. The first-order valence-electron chi connectivity index (χ1n) is 5.46. The third-order valence-electron chi connectivity index (χ3n) is 2.28. The monoisotopic (exact) mass is 215 g/mol. The van der Waals surface area contributed by atoms with Gasteiger partial charge in [-0.2, -0.15) is 0 Å². The molecule has 1 atom stereocenters. The molecule has 0 aromatic heterocycles. The summed E-state index contributed by atoms with van der Waals surface area (Å²) < 4.78 is 5.14. The number of rotatable bonds is 3. The highest BCUT2D eigenvalue weighted by Crippen LogP contribution is 2.20. The van der Waals surface area contributed by atoms with Crippen LogP contribution in [0.4, 0.5) is 0 Å². The minimum Gasteiger partial charge on any atom is -0.464 e. The molecule has 0 bridgehead atoms. The Morgan fingerprint density at radius 2 is 1.67 bits per heavy atom. The van der Waals surface area contributed by atoms with Gasteiger partial charge >= 0.3 is 5.97 Å². The van der Waals surface area contributed by atoms with Crippen LogP contribution in [0.2, 0.25) is 0 Å². The van der Waals surface area contributed by atoms with Gasteiger partial charge in [0.2, 0.25) is 0 Å². The van der Waals surface area contributed by atoms with Crippen LogP contribution in [0.1, 0.15) is 48.0 Å². The van der Waals surface area contributed by atoms with Gasteiger partial charge in [-0.1, -0.05) is 41.5 Å². The third-order valence-corrected chi connectivity index (χ3v) is 2.28. The molecule has 0 aromatic rings. The maximum Gasteiger partial charge on any atom is 0.323 e. The molecule has 2 N–H and O–H groups in total. The minimum absolute atomic E-state index is 0.187. The number of ether oxygens (including phenoxy) is 1. The fraction of sp³-hybridized carbons (Fsp3) is 0.917. The van der Waals surface area contributed by atoms with Crippen LogP contribution in [0.3, 0.4) is 0 Å². The van der Waals surface area contributed by atoms with Gasteiger partial charge in [0.1, 0.15) is 6.04 Å². The number of carbonyl (C=O) groups excluding carboxylic acids is 1. The maximum absolute atomic E-state index is 11.5. The molecule has 0 saturated heterocycles. The van der Waals surface area contributed by atoms with Crippen molar-refractivity contribution in [2.75, 3.05) is 6.61 Å². The van der Waals surface area contributed by atoms with Gasteiger partial charge in [-0.15, -0.1) is 0 Å². The Balaban J connectivity index is 3.96. The summed E-state index contributed by atoms with van der Waals surface area (Å²) in [6.07, 6.45) is 0.857. The molecule has 0 aromatic carbocycles. The number of hydrogen-bond donors (Lipinski definition) is 1. The van der Waals surface area contributed by atoms with Gasteiger partial charge in [-0.05, 0) is 17.3 Å². The van der Waals surface area contributed by atoms with Crippen LogP contribution in [0.15, 0.2) is 0 Å². The zero-order valence-electron chi connectivity index (χ0n) is 10.9. The normalized spacial score (nSPS) is 14.9. The van der Waals surface area contributed by atoms with Crippen LogP contribution >= 0.6 is 0 Å². The van der Waals surface area contributed by atoms with Crippen molar-refractivity contribution < 1.29 is 9.53 Å². The largest absolute Gasteiger partial charge is 0.464 e. The number of carbonyl (C=O) groups is 1. The van der Waals surface area contributed by atoms with E-state index < -0.39 is 6.04 Å². The van der Waals surface area contributed by atoms with Crippen molar-refractivity contribution in [2.45, 2.75) is 54.0 Å². The van der Waals surface area contributed by atoms with Crippen LogP contribution in [-0.2, 0) is 9.53 Å². The van der Waals surface area contributed by atoms with Crippen LogP contribution in [0, 0.1) is 10.8 Å². The molecule has 0 aliphatic carbocycles. The SMILES string of the molecule is CC(C)(C)CCOC(=O)[C@H](N)C(C)(C)C. The van der Waals surface area contributed by atoms with Crippen LogP contribution < -0.4 is 5.73 Å².